The highest BCUT2D eigenvalue weighted by molar-refractivity contribution is 5.85. The Kier molecular flexibility index (Phi) is 3.66. The molecular formula is C13H18ClN5. The van der Waals surface area contributed by atoms with Crippen molar-refractivity contribution in [3.8, 4) is 0 Å². The number of aryl methyl sites for hydroxylation is 1. The maximum Gasteiger partial charge on any atom is 0.189 e. The molecule has 0 bridgehead atoms. The summed E-state index contributed by atoms with van der Waals surface area (Å²) in [5.41, 5.74) is 8.85. The Labute approximate surface area is 118 Å². The van der Waals surface area contributed by atoms with Crippen LogP contribution in [-0.2, 0) is 0 Å². The minimum absolute atomic E-state index is 0. The smallest absolute Gasteiger partial charge is 0.189 e. The van der Waals surface area contributed by atoms with Crippen LogP contribution in [0.15, 0.2) is 18.2 Å². The van der Waals surface area contributed by atoms with Crippen LogP contribution in [0.5, 0.6) is 0 Å². The lowest BCUT2D eigenvalue weighted by Crippen LogP contribution is -2.36. The number of benzene rings is 1. The van der Waals surface area contributed by atoms with Crippen LogP contribution in [0, 0.1) is 12.3 Å². The number of halogens is 1. The second kappa shape index (κ2) is 5.09. The van der Waals surface area contributed by atoms with E-state index in [1.807, 2.05) is 11.0 Å². The van der Waals surface area contributed by atoms with Crippen molar-refractivity contribution in [1.29, 1.82) is 5.41 Å². The number of hydrogen-bond acceptors (Lipinski definition) is 2. The molecule has 0 aliphatic carbocycles. The minimum Gasteiger partial charge on any atom is -0.370 e. The van der Waals surface area contributed by atoms with Gasteiger partial charge in [0.25, 0.3) is 0 Å². The molecular weight excluding hydrogens is 262 g/mol. The third kappa shape index (κ3) is 2.38. The number of guanidine groups is 1. The topological polar surface area (TPSA) is 81.8 Å². The zero-order valence-corrected chi connectivity index (χ0v) is 11.6. The summed E-state index contributed by atoms with van der Waals surface area (Å²) < 4.78 is 0. The molecule has 1 aliphatic rings. The number of hydrogen-bond donors (Lipinski definition) is 3. The average molecular weight is 280 g/mol. The molecule has 4 N–H and O–H groups in total. The molecule has 1 fully saturated rings. The molecule has 1 unspecified atom stereocenters. The van der Waals surface area contributed by atoms with Crippen molar-refractivity contribution in [1.82, 2.24) is 14.9 Å². The molecule has 19 heavy (non-hydrogen) atoms. The summed E-state index contributed by atoms with van der Waals surface area (Å²) in [7, 11) is 0. The minimum atomic E-state index is 0. The summed E-state index contributed by atoms with van der Waals surface area (Å²) in [6, 6.07) is 6.31. The maximum atomic E-state index is 7.60. The van der Waals surface area contributed by atoms with Gasteiger partial charge in [-0.2, -0.15) is 0 Å². The Morgan fingerprint density at radius 3 is 3.05 bits per heavy atom. The van der Waals surface area contributed by atoms with Crippen molar-refractivity contribution < 1.29 is 0 Å². The van der Waals surface area contributed by atoms with Gasteiger partial charge in [0.2, 0.25) is 0 Å². The fraction of sp³-hybridized carbons (Fsp3) is 0.385. The lowest BCUT2D eigenvalue weighted by Gasteiger charge is -2.22. The van der Waals surface area contributed by atoms with Gasteiger partial charge in [-0.1, -0.05) is 6.07 Å². The molecule has 1 saturated heterocycles. The first-order chi connectivity index (χ1) is 8.65. The zero-order valence-electron chi connectivity index (χ0n) is 10.8. The molecule has 2 heterocycles. The SMILES string of the molecule is Cc1ccc2[nH]c(C3CCCN3C(=N)N)nc2c1.Cl. The number of aromatic amines is 1. The van der Waals surface area contributed by atoms with Crippen LogP contribution >= 0.6 is 12.4 Å². The number of aromatic nitrogens is 2. The molecule has 3 rings (SSSR count). The van der Waals surface area contributed by atoms with Crippen LogP contribution in [0.25, 0.3) is 11.0 Å². The largest absolute Gasteiger partial charge is 0.370 e. The highest BCUT2D eigenvalue weighted by atomic mass is 35.5. The highest BCUT2D eigenvalue weighted by Gasteiger charge is 2.29. The molecule has 0 saturated carbocycles. The van der Waals surface area contributed by atoms with Gasteiger partial charge in [0.1, 0.15) is 5.82 Å². The van der Waals surface area contributed by atoms with E-state index in [9.17, 15) is 0 Å². The number of H-pyrrole nitrogens is 1. The van der Waals surface area contributed by atoms with E-state index >= 15 is 0 Å². The van der Waals surface area contributed by atoms with Gasteiger partial charge in [-0.05, 0) is 37.5 Å². The van der Waals surface area contributed by atoms with Gasteiger partial charge in [-0.25, -0.2) is 4.98 Å². The fourth-order valence-electron chi connectivity index (χ4n) is 2.63. The molecule has 1 aromatic carbocycles. The van der Waals surface area contributed by atoms with Crippen molar-refractivity contribution in [2.45, 2.75) is 25.8 Å². The van der Waals surface area contributed by atoms with E-state index in [2.05, 4.69) is 29.0 Å². The Morgan fingerprint density at radius 1 is 1.53 bits per heavy atom. The number of nitrogens with zero attached hydrogens (tertiary/aromatic N) is 2. The Balaban J connectivity index is 0.00000133. The second-order valence-corrected chi connectivity index (χ2v) is 4.88. The van der Waals surface area contributed by atoms with E-state index < -0.39 is 0 Å². The fourth-order valence-corrected chi connectivity index (χ4v) is 2.63. The van der Waals surface area contributed by atoms with Gasteiger partial charge in [-0.15, -0.1) is 12.4 Å². The van der Waals surface area contributed by atoms with Crippen LogP contribution in [0.3, 0.4) is 0 Å². The number of rotatable bonds is 1. The van der Waals surface area contributed by atoms with Crippen LogP contribution in [0.2, 0.25) is 0 Å². The summed E-state index contributed by atoms with van der Waals surface area (Å²) in [5, 5.41) is 7.60. The molecule has 0 radical (unpaired) electrons. The van der Waals surface area contributed by atoms with Crippen molar-refractivity contribution >= 4 is 29.4 Å². The van der Waals surface area contributed by atoms with E-state index in [1.165, 1.54) is 5.56 Å². The molecule has 0 amide bonds. The van der Waals surface area contributed by atoms with Crippen LogP contribution in [0.4, 0.5) is 0 Å². The highest BCUT2D eigenvalue weighted by Crippen LogP contribution is 2.30. The third-order valence-electron chi connectivity index (χ3n) is 3.53. The Bertz CT molecular complexity index is 606. The Morgan fingerprint density at radius 2 is 2.32 bits per heavy atom. The molecule has 2 aromatic rings. The summed E-state index contributed by atoms with van der Waals surface area (Å²) in [6.45, 7) is 2.90. The van der Waals surface area contributed by atoms with Gasteiger partial charge in [0, 0.05) is 6.54 Å². The van der Waals surface area contributed by atoms with Gasteiger partial charge < -0.3 is 15.6 Å². The molecule has 0 spiro atoms. The number of fused-ring (bicyclic) bond motifs is 1. The van der Waals surface area contributed by atoms with E-state index in [4.69, 9.17) is 11.1 Å². The summed E-state index contributed by atoms with van der Waals surface area (Å²) in [4.78, 5) is 9.89. The van der Waals surface area contributed by atoms with Gasteiger partial charge in [0.05, 0.1) is 17.1 Å². The van der Waals surface area contributed by atoms with E-state index in [1.54, 1.807) is 0 Å². The van der Waals surface area contributed by atoms with Crippen molar-refractivity contribution in [3.05, 3.63) is 29.6 Å². The first kappa shape index (κ1) is 13.7. The molecule has 5 nitrogen and oxygen atoms in total. The van der Waals surface area contributed by atoms with Gasteiger partial charge in [0.15, 0.2) is 5.96 Å². The quantitative estimate of drug-likeness (QED) is 0.553. The monoisotopic (exact) mass is 279 g/mol. The average Bonchev–Trinajstić information content (AvgIpc) is 2.93. The van der Waals surface area contributed by atoms with Crippen molar-refractivity contribution in [3.63, 3.8) is 0 Å². The molecule has 1 aromatic heterocycles. The van der Waals surface area contributed by atoms with E-state index in [-0.39, 0.29) is 24.4 Å². The summed E-state index contributed by atoms with van der Waals surface area (Å²) in [5.74, 6) is 1.05. The first-order valence-corrected chi connectivity index (χ1v) is 6.22. The standard InChI is InChI=1S/C13H17N5.ClH/c1-8-4-5-9-10(7-8)17-12(16-9)11-3-2-6-18(11)13(14)15;/h4-5,7,11H,2-3,6H2,1H3,(H3,14,15)(H,16,17);1H. The normalized spacial score (nSPS) is 18.6. The van der Waals surface area contributed by atoms with E-state index in [0.29, 0.717) is 0 Å². The number of likely N-dealkylation sites (tertiary alicyclic amines) is 1. The lowest BCUT2D eigenvalue weighted by atomic mass is 10.2. The first-order valence-electron chi connectivity index (χ1n) is 6.22. The zero-order chi connectivity index (χ0) is 12.7. The number of nitrogens with one attached hydrogen (secondary N) is 2. The predicted molar refractivity (Wildman–Crippen MR) is 78.7 cm³/mol. The predicted octanol–water partition coefficient (Wildman–Crippen LogP) is 2.32. The van der Waals surface area contributed by atoms with Crippen LogP contribution in [0.1, 0.15) is 30.3 Å². The summed E-state index contributed by atoms with van der Waals surface area (Å²) in [6.07, 6.45) is 2.05. The van der Waals surface area contributed by atoms with E-state index in [0.717, 1.165) is 36.2 Å². The lowest BCUT2D eigenvalue weighted by molar-refractivity contribution is 0.380. The second-order valence-electron chi connectivity index (χ2n) is 4.88. The van der Waals surface area contributed by atoms with Crippen LogP contribution < -0.4 is 5.73 Å². The van der Waals surface area contributed by atoms with Crippen molar-refractivity contribution in [2.24, 2.45) is 5.73 Å². The van der Waals surface area contributed by atoms with Crippen LogP contribution in [-0.4, -0.2) is 27.4 Å². The number of imidazole rings is 1. The Hall–Kier alpha value is -1.75. The molecule has 6 heteroatoms. The van der Waals surface area contributed by atoms with Gasteiger partial charge in [-0.3, -0.25) is 5.41 Å². The molecule has 102 valence electrons. The molecule has 1 atom stereocenters. The summed E-state index contributed by atoms with van der Waals surface area (Å²) >= 11 is 0. The number of nitrogens with two attached hydrogens (primary N) is 1. The maximum absolute atomic E-state index is 7.60. The van der Waals surface area contributed by atoms with Gasteiger partial charge >= 0.3 is 0 Å². The molecule has 1 aliphatic heterocycles. The third-order valence-corrected chi connectivity index (χ3v) is 3.53. The van der Waals surface area contributed by atoms with Crippen molar-refractivity contribution in [2.75, 3.05) is 6.54 Å².